The molecule has 1 aliphatic rings. The lowest BCUT2D eigenvalue weighted by atomic mass is 9.89. The van der Waals surface area contributed by atoms with E-state index >= 15 is 0 Å². The van der Waals surface area contributed by atoms with Crippen LogP contribution < -0.4 is 14.2 Å². The number of rotatable bonds is 4. The summed E-state index contributed by atoms with van der Waals surface area (Å²) in [7, 11) is 3.11. The third kappa shape index (κ3) is 2.82. The van der Waals surface area contributed by atoms with Gasteiger partial charge in [0.05, 0.1) is 26.7 Å². The van der Waals surface area contributed by atoms with E-state index in [0.717, 1.165) is 11.6 Å². The molecule has 1 heterocycles. The SMILES string of the molecule is COc1ccc(CC2COc3cc(O)cc(O)c3C2=O)cc1OC. The molecule has 0 fully saturated rings. The lowest BCUT2D eigenvalue weighted by Gasteiger charge is -2.25. The van der Waals surface area contributed by atoms with Crippen molar-refractivity contribution in [1.82, 2.24) is 0 Å². The topological polar surface area (TPSA) is 85.2 Å². The van der Waals surface area contributed by atoms with Crippen molar-refractivity contribution in [2.75, 3.05) is 20.8 Å². The Labute approximate surface area is 139 Å². The summed E-state index contributed by atoms with van der Waals surface area (Å²) in [5.74, 6) is 0.373. The molecule has 1 aliphatic heterocycles. The molecule has 2 N–H and O–H groups in total. The summed E-state index contributed by atoms with van der Waals surface area (Å²) in [5, 5.41) is 19.4. The van der Waals surface area contributed by atoms with Crippen molar-refractivity contribution in [3.05, 3.63) is 41.5 Å². The van der Waals surface area contributed by atoms with Gasteiger partial charge in [-0.15, -0.1) is 0 Å². The van der Waals surface area contributed by atoms with Gasteiger partial charge >= 0.3 is 0 Å². The van der Waals surface area contributed by atoms with Gasteiger partial charge in [0.15, 0.2) is 17.3 Å². The maximum Gasteiger partial charge on any atom is 0.177 e. The van der Waals surface area contributed by atoms with Crippen LogP contribution in [-0.2, 0) is 6.42 Å². The Bertz CT molecular complexity index is 783. The minimum Gasteiger partial charge on any atom is -0.508 e. The zero-order valence-corrected chi connectivity index (χ0v) is 13.4. The van der Waals surface area contributed by atoms with Gasteiger partial charge in [-0.1, -0.05) is 6.07 Å². The quantitative estimate of drug-likeness (QED) is 0.896. The fourth-order valence-corrected chi connectivity index (χ4v) is 2.86. The number of fused-ring (bicyclic) bond motifs is 1. The van der Waals surface area contributed by atoms with Gasteiger partial charge in [0.25, 0.3) is 0 Å². The van der Waals surface area contributed by atoms with Crippen LogP contribution in [0, 0.1) is 5.92 Å². The van der Waals surface area contributed by atoms with E-state index in [4.69, 9.17) is 14.2 Å². The van der Waals surface area contributed by atoms with Crippen molar-refractivity contribution >= 4 is 5.78 Å². The maximum absolute atomic E-state index is 12.7. The second-order valence-corrected chi connectivity index (χ2v) is 5.60. The first kappa shape index (κ1) is 16.0. The van der Waals surface area contributed by atoms with Crippen LogP contribution >= 0.6 is 0 Å². The number of ketones is 1. The van der Waals surface area contributed by atoms with Gasteiger partial charge in [-0.2, -0.15) is 0 Å². The van der Waals surface area contributed by atoms with E-state index in [0.29, 0.717) is 17.9 Å². The van der Waals surface area contributed by atoms with Gasteiger partial charge in [-0.25, -0.2) is 0 Å². The number of phenolic OH excluding ortho intramolecular Hbond substituents is 2. The highest BCUT2D eigenvalue weighted by molar-refractivity contribution is 6.04. The van der Waals surface area contributed by atoms with Crippen molar-refractivity contribution in [3.63, 3.8) is 0 Å². The Morgan fingerprint density at radius 3 is 2.58 bits per heavy atom. The van der Waals surface area contributed by atoms with Crippen molar-refractivity contribution < 1.29 is 29.2 Å². The van der Waals surface area contributed by atoms with Crippen LogP contribution in [0.15, 0.2) is 30.3 Å². The predicted octanol–water partition coefficient (Wildman–Crippen LogP) is 2.55. The van der Waals surface area contributed by atoms with E-state index < -0.39 is 5.92 Å². The fraction of sp³-hybridized carbons (Fsp3) is 0.278. The second kappa shape index (κ2) is 6.31. The van der Waals surface area contributed by atoms with E-state index in [2.05, 4.69) is 0 Å². The number of aromatic hydroxyl groups is 2. The zero-order chi connectivity index (χ0) is 17.3. The number of hydrogen-bond acceptors (Lipinski definition) is 6. The molecule has 1 atom stereocenters. The Kier molecular flexibility index (Phi) is 4.20. The molecule has 0 aromatic heterocycles. The van der Waals surface area contributed by atoms with E-state index in [1.54, 1.807) is 20.3 Å². The molecule has 3 rings (SSSR count). The maximum atomic E-state index is 12.7. The number of phenols is 2. The number of carbonyl (C=O) groups excluding carboxylic acids is 1. The van der Waals surface area contributed by atoms with Crippen LogP contribution in [0.1, 0.15) is 15.9 Å². The first-order valence-electron chi connectivity index (χ1n) is 7.47. The van der Waals surface area contributed by atoms with Gasteiger partial charge in [-0.3, -0.25) is 4.79 Å². The van der Waals surface area contributed by atoms with E-state index in [1.807, 2.05) is 12.1 Å². The second-order valence-electron chi connectivity index (χ2n) is 5.60. The fourth-order valence-electron chi connectivity index (χ4n) is 2.86. The van der Waals surface area contributed by atoms with Gasteiger partial charge in [-0.05, 0) is 24.1 Å². The number of Topliss-reactive ketones (excluding diaryl/α,β-unsaturated/α-hetero) is 1. The summed E-state index contributed by atoms with van der Waals surface area (Å²) >= 11 is 0. The number of ether oxygens (including phenoxy) is 3. The van der Waals surface area contributed by atoms with Crippen LogP contribution in [0.2, 0.25) is 0 Å². The minimum absolute atomic E-state index is 0.115. The molecule has 0 bridgehead atoms. The Morgan fingerprint density at radius 1 is 1.12 bits per heavy atom. The smallest absolute Gasteiger partial charge is 0.177 e. The summed E-state index contributed by atoms with van der Waals surface area (Å²) < 4.78 is 16.0. The molecule has 0 saturated heterocycles. The largest absolute Gasteiger partial charge is 0.508 e. The molecular formula is C18H18O6. The Morgan fingerprint density at radius 2 is 1.88 bits per heavy atom. The average Bonchev–Trinajstić information content (AvgIpc) is 2.56. The van der Waals surface area contributed by atoms with Crippen LogP contribution in [0.3, 0.4) is 0 Å². The third-order valence-electron chi connectivity index (χ3n) is 4.05. The molecular weight excluding hydrogens is 312 g/mol. The first-order chi connectivity index (χ1) is 11.5. The van der Waals surface area contributed by atoms with Crippen molar-refractivity contribution in [2.24, 2.45) is 5.92 Å². The molecule has 6 heteroatoms. The van der Waals surface area contributed by atoms with Crippen LogP contribution in [0.4, 0.5) is 0 Å². The van der Waals surface area contributed by atoms with Crippen LogP contribution in [0.5, 0.6) is 28.7 Å². The van der Waals surface area contributed by atoms with Crippen LogP contribution in [-0.4, -0.2) is 36.8 Å². The van der Waals surface area contributed by atoms with Crippen LogP contribution in [0.25, 0.3) is 0 Å². The highest BCUT2D eigenvalue weighted by Crippen LogP contribution is 2.38. The predicted molar refractivity (Wildman–Crippen MR) is 86.3 cm³/mol. The summed E-state index contributed by atoms with van der Waals surface area (Å²) in [6.07, 6.45) is 0.443. The molecule has 126 valence electrons. The molecule has 0 amide bonds. The molecule has 0 aliphatic carbocycles. The normalized spacial score (nSPS) is 16.2. The molecule has 2 aromatic carbocycles. The lowest BCUT2D eigenvalue weighted by molar-refractivity contribution is 0.0826. The summed E-state index contributed by atoms with van der Waals surface area (Å²) in [4.78, 5) is 12.7. The monoisotopic (exact) mass is 330 g/mol. The molecule has 0 saturated carbocycles. The summed E-state index contributed by atoms with van der Waals surface area (Å²) in [6, 6.07) is 7.93. The van der Waals surface area contributed by atoms with E-state index in [-0.39, 0.29) is 35.2 Å². The standard InChI is InChI=1S/C18H18O6/c1-22-14-4-3-10(6-15(14)23-2)5-11-9-24-16-8-12(19)7-13(20)17(16)18(11)21/h3-4,6-8,11,19-20H,5,9H2,1-2H3. The van der Waals surface area contributed by atoms with Gasteiger partial charge < -0.3 is 24.4 Å². The number of hydrogen-bond donors (Lipinski definition) is 2. The lowest BCUT2D eigenvalue weighted by Crippen LogP contribution is -2.29. The van der Waals surface area contributed by atoms with E-state index in [9.17, 15) is 15.0 Å². The molecule has 0 spiro atoms. The van der Waals surface area contributed by atoms with Crippen molar-refractivity contribution in [1.29, 1.82) is 0 Å². The van der Waals surface area contributed by atoms with Crippen molar-refractivity contribution in [3.8, 4) is 28.7 Å². The van der Waals surface area contributed by atoms with Gasteiger partial charge in [0, 0.05) is 12.1 Å². The highest BCUT2D eigenvalue weighted by Gasteiger charge is 2.32. The van der Waals surface area contributed by atoms with Gasteiger partial charge in [0.1, 0.15) is 22.8 Å². The molecule has 1 unspecified atom stereocenters. The first-order valence-corrected chi connectivity index (χ1v) is 7.47. The number of benzene rings is 2. The van der Waals surface area contributed by atoms with E-state index in [1.165, 1.54) is 6.07 Å². The third-order valence-corrected chi connectivity index (χ3v) is 4.05. The zero-order valence-electron chi connectivity index (χ0n) is 13.4. The Hall–Kier alpha value is -2.89. The van der Waals surface area contributed by atoms with Crippen molar-refractivity contribution in [2.45, 2.75) is 6.42 Å². The molecule has 2 aromatic rings. The summed E-state index contributed by atoms with van der Waals surface area (Å²) in [6.45, 7) is 0.184. The Balaban J connectivity index is 1.86. The summed E-state index contributed by atoms with van der Waals surface area (Å²) in [5.41, 5.74) is 1.01. The molecule has 0 radical (unpaired) electrons. The molecule has 24 heavy (non-hydrogen) atoms. The number of carbonyl (C=O) groups is 1. The number of methoxy groups -OCH3 is 2. The highest BCUT2D eigenvalue weighted by atomic mass is 16.5. The average molecular weight is 330 g/mol. The van der Waals surface area contributed by atoms with Gasteiger partial charge in [0.2, 0.25) is 0 Å². The minimum atomic E-state index is -0.425. The molecule has 6 nitrogen and oxygen atoms in total.